The number of benzene rings is 1. The second-order valence-corrected chi connectivity index (χ2v) is 7.20. The molecule has 0 aliphatic carbocycles. The number of hydrogen-bond donors (Lipinski definition) is 4. The fourth-order valence-corrected chi connectivity index (χ4v) is 4.23. The molecule has 0 aromatic heterocycles. The van der Waals surface area contributed by atoms with Crippen LogP contribution in [0.15, 0.2) is 24.3 Å². The van der Waals surface area contributed by atoms with E-state index in [1.807, 2.05) is 0 Å². The second kappa shape index (κ2) is 9.22. The highest BCUT2D eigenvalue weighted by Gasteiger charge is 2.58. The van der Waals surface area contributed by atoms with Crippen molar-refractivity contribution in [2.75, 3.05) is 19.8 Å². The number of primary amides is 1. The molecule has 154 valence electrons. The predicted molar refractivity (Wildman–Crippen MR) is 102 cm³/mol. The van der Waals surface area contributed by atoms with E-state index in [4.69, 9.17) is 10.5 Å². The number of aliphatic hydroxyl groups is 2. The van der Waals surface area contributed by atoms with Gasteiger partial charge in [0.2, 0.25) is 5.91 Å². The Morgan fingerprint density at radius 1 is 1.32 bits per heavy atom. The highest BCUT2D eigenvalue weighted by atomic mass is 32.1. The largest absolute Gasteiger partial charge is 0.445 e. The maximum Gasteiger partial charge on any atom is 0.411 e. The molecule has 2 rings (SSSR count). The van der Waals surface area contributed by atoms with Gasteiger partial charge in [-0.25, -0.2) is 4.79 Å². The van der Waals surface area contributed by atoms with Gasteiger partial charge in [0, 0.05) is 49.5 Å². The molecule has 1 aliphatic rings. The van der Waals surface area contributed by atoms with E-state index in [1.165, 1.54) is 24.3 Å². The van der Waals surface area contributed by atoms with E-state index < -0.39 is 40.2 Å². The molecule has 0 bridgehead atoms. The van der Waals surface area contributed by atoms with Crippen molar-refractivity contribution in [2.45, 2.75) is 30.2 Å². The molecule has 1 aromatic rings. The second-order valence-electron chi connectivity index (χ2n) is 6.54. The van der Waals surface area contributed by atoms with E-state index in [2.05, 4.69) is 12.6 Å². The lowest BCUT2D eigenvalue weighted by atomic mass is 9.79. The molecule has 0 spiro atoms. The van der Waals surface area contributed by atoms with Gasteiger partial charge in [0.15, 0.2) is 0 Å². The van der Waals surface area contributed by atoms with Crippen LogP contribution in [0, 0.1) is 16.0 Å². The number of hydrogen-bond acceptors (Lipinski definition) is 8. The molecule has 3 atom stereocenters. The topological polar surface area (TPSA) is 156 Å². The van der Waals surface area contributed by atoms with Crippen LogP contribution in [0.3, 0.4) is 0 Å². The molecule has 0 saturated carbocycles. The zero-order valence-corrected chi connectivity index (χ0v) is 16.0. The summed E-state index contributed by atoms with van der Waals surface area (Å²) in [5.74, 6) is -1.35. The molecule has 0 radical (unpaired) electrons. The average molecular weight is 413 g/mol. The van der Waals surface area contributed by atoms with Crippen molar-refractivity contribution in [1.82, 2.24) is 4.90 Å². The maximum absolute atomic E-state index is 12.7. The number of carbonyl (C=O) groups excluding carboxylic acids is 2. The number of nitro benzene ring substituents is 1. The number of aliphatic hydroxyl groups excluding tert-OH is 2. The van der Waals surface area contributed by atoms with E-state index in [1.54, 1.807) is 0 Å². The van der Waals surface area contributed by atoms with Gasteiger partial charge in [-0.15, -0.1) is 0 Å². The fraction of sp³-hybridized carbons (Fsp3) is 0.529. The third-order valence-corrected chi connectivity index (χ3v) is 5.54. The van der Waals surface area contributed by atoms with Crippen LogP contribution in [0.25, 0.3) is 0 Å². The Bertz CT molecular complexity index is 730. The van der Waals surface area contributed by atoms with Crippen LogP contribution in [0.5, 0.6) is 0 Å². The van der Waals surface area contributed by atoms with Crippen molar-refractivity contribution < 1.29 is 29.5 Å². The van der Waals surface area contributed by atoms with Crippen molar-refractivity contribution in [3.8, 4) is 0 Å². The molecule has 4 N–H and O–H groups in total. The van der Waals surface area contributed by atoms with Crippen LogP contribution in [0.2, 0.25) is 0 Å². The van der Waals surface area contributed by atoms with Gasteiger partial charge in [-0.3, -0.25) is 19.8 Å². The Balaban J connectivity index is 2.19. The standard InChI is InChI=1S/C17H23N3O7S/c18-15(23)17(6-8-22)13(5-7-21)14(28)9-19(17)16(24)27-10-11-1-3-12(4-2-11)20(25)26/h1-4,13-14,21-22,28H,5-10H2,(H2,18,23). The normalized spacial score (nSPS) is 24.2. The van der Waals surface area contributed by atoms with E-state index in [0.717, 1.165) is 4.90 Å². The maximum atomic E-state index is 12.7. The first kappa shape index (κ1) is 21.9. The zero-order chi connectivity index (χ0) is 20.9. The van der Waals surface area contributed by atoms with Crippen molar-refractivity contribution in [3.63, 3.8) is 0 Å². The number of nitrogens with two attached hydrogens (primary N) is 1. The number of thiol groups is 1. The van der Waals surface area contributed by atoms with Crippen LogP contribution in [0.1, 0.15) is 18.4 Å². The van der Waals surface area contributed by atoms with Crippen LogP contribution in [-0.4, -0.2) is 62.6 Å². The third kappa shape index (κ3) is 4.21. The Morgan fingerprint density at radius 3 is 2.46 bits per heavy atom. The molecular weight excluding hydrogens is 390 g/mol. The van der Waals surface area contributed by atoms with E-state index in [0.29, 0.717) is 5.56 Å². The van der Waals surface area contributed by atoms with Crippen molar-refractivity contribution in [1.29, 1.82) is 0 Å². The monoisotopic (exact) mass is 413 g/mol. The third-order valence-electron chi connectivity index (χ3n) is 5.02. The molecule has 1 heterocycles. The van der Waals surface area contributed by atoms with E-state index >= 15 is 0 Å². The highest BCUT2D eigenvalue weighted by Crippen LogP contribution is 2.42. The molecular formula is C17H23N3O7S. The van der Waals surface area contributed by atoms with Crippen molar-refractivity contribution in [3.05, 3.63) is 39.9 Å². The van der Waals surface area contributed by atoms with Gasteiger partial charge in [-0.05, 0) is 24.1 Å². The number of amides is 2. The summed E-state index contributed by atoms with van der Waals surface area (Å²) in [4.78, 5) is 36.3. The minimum Gasteiger partial charge on any atom is -0.445 e. The van der Waals surface area contributed by atoms with Gasteiger partial charge in [0.05, 0.1) is 4.92 Å². The molecule has 2 amide bonds. The molecule has 28 heavy (non-hydrogen) atoms. The number of likely N-dealkylation sites (tertiary alicyclic amines) is 1. The SMILES string of the molecule is NC(=O)C1(CCO)C(CCO)C(S)CN1C(=O)OCc1ccc([N+](=O)[O-])cc1. The lowest BCUT2D eigenvalue weighted by molar-refractivity contribution is -0.384. The molecule has 1 aliphatic heterocycles. The first-order valence-electron chi connectivity index (χ1n) is 8.65. The zero-order valence-electron chi connectivity index (χ0n) is 15.1. The quantitative estimate of drug-likeness (QED) is 0.274. The smallest absolute Gasteiger partial charge is 0.411 e. The lowest BCUT2D eigenvalue weighted by Gasteiger charge is -2.38. The lowest BCUT2D eigenvalue weighted by Crippen LogP contribution is -2.60. The number of nitrogens with zero attached hydrogens (tertiary/aromatic N) is 2. The summed E-state index contributed by atoms with van der Waals surface area (Å²) < 4.78 is 5.27. The molecule has 10 nitrogen and oxygen atoms in total. The van der Waals surface area contributed by atoms with Crippen LogP contribution in [-0.2, 0) is 16.1 Å². The van der Waals surface area contributed by atoms with Gasteiger partial charge in [-0.1, -0.05) is 0 Å². The number of nitro groups is 1. The van der Waals surface area contributed by atoms with Gasteiger partial charge in [-0.2, -0.15) is 12.6 Å². The van der Waals surface area contributed by atoms with E-state index in [-0.39, 0.29) is 38.3 Å². The molecule has 3 unspecified atom stereocenters. The molecule has 11 heteroatoms. The predicted octanol–water partition coefficient (Wildman–Crippen LogP) is 0.451. The summed E-state index contributed by atoms with van der Waals surface area (Å²) in [6, 6.07) is 5.50. The molecule has 1 saturated heterocycles. The van der Waals surface area contributed by atoms with Gasteiger partial charge in [0.25, 0.3) is 5.69 Å². The van der Waals surface area contributed by atoms with Crippen LogP contribution in [0.4, 0.5) is 10.5 Å². The Hall–Kier alpha value is -2.37. The van der Waals surface area contributed by atoms with Crippen LogP contribution < -0.4 is 5.73 Å². The van der Waals surface area contributed by atoms with Gasteiger partial charge in [0.1, 0.15) is 12.1 Å². The summed E-state index contributed by atoms with van der Waals surface area (Å²) in [6.07, 6.45) is -0.731. The first-order chi connectivity index (χ1) is 13.3. The van der Waals surface area contributed by atoms with Crippen LogP contribution >= 0.6 is 12.6 Å². The number of rotatable bonds is 8. The van der Waals surface area contributed by atoms with Crippen molar-refractivity contribution >= 4 is 30.3 Å². The molecule has 1 fully saturated rings. The van der Waals surface area contributed by atoms with E-state index in [9.17, 15) is 29.9 Å². The first-order valence-corrected chi connectivity index (χ1v) is 9.17. The summed E-state index contributed by atoms with van der Waals surface area (Å²) in [5.41, 5.74) is 4.53. The highest BCUT2D eigenvalue weighted by molar-refractivity contribution is 7.81. The summed E-state index contributed by atoms with van der Waals surface area (Å²) >= 11 is 4.43. The summed E-state index contributed by atoms with van der Waals surface area (Å²) in [7, 11) is 0. The van der Waals surface area contributed by atoms with Gasteiger partial charge >= 0.3 is 6.09 Å². The Labute approximate surface area is 166 Å². The number of non-ortho nitro benzene ring substituents is 1. The summed E-state index contributed by atoms with van der Waals surface area (Å²) in [5, 5.41) is 29.1. The Morgan fingerprint density at radius 2 is 1.96 bits per heavy atom. The van der Waals surface area contributed by atoms with Gasteiger partial charge < -0.3 is 20.7 Å². The number of carbonyl (C=O) groups is 2. The Kier molecular flexibility index (Phi) is 7.22. The fourth-order valence-electron chi connectivity index (χ4n) is 3.67. The average Bonchev–Trinajstić information content (AvgIpc) is 2.94. The number of ether oxygens (including phenoxy) is 1. The minimum atomic E-state index is -1.52. The summed E-state index contributed by atoms with van der Waals surface area (Å²) in [6.45, 7) is -0.718. The molecule has 1 aromatic carbocycles. The minimum absolute atomic E-state index is 0.0653. The van der Waals surface area contributed by atoms with Crippen molar-refractivity contribution in [2.24, 2.45) is 11.7 Å².